The summed E-state index contributed by atoms with van der Waals surface area (Å²) in [6.45, 7) is 5.34. The first-order chi connectivity index (χ1) is 9.04. The van der Waals surface area contributed by atoms with Crippen LogP contribution in [-0.4, -0.2) is 55.6 Å². The minimum Gasteiger partial charge on any atom is -0.450 e. The summed E-state index contributed by atoms with van der Waals surface area (Å²) in [7, 11) is 0. The summed E-state index contributed by atoms with van der Waals surface area (Å²) >= 11 is 0. The van der Waals surface area contributed by atoms with Crippen LogP contribution in [0, 0.1) is 0 Å². The van der Waals surface area contributed by atoms with Crippen LogP contribution < -0.4 is 5.32 Å². The fourth-order valence-electron chi connectivity index (χ4n) is 1.53. The maximum absolute atomic E-state index is 11.8. The van der Waals surface area contributed by atoms with Crippen LogP contribution in [0.25, 0.3) is 0 Å². The van der Waals surface area contributed by atoms with E-state index in [0.717, 1.165) is 0 Å². The molecule has 0 aliphatic carbocycles. The normalized spacial score (nSPS) is 15.9. The van der Waals surface area contributed by atoms with Crippen molar-refractivity contribution >= 4 is 17.8 Å². The van der Waals surface area contributed by atoms with Crippen molar-refractivity contribution in [1.29, 1.82) is 0 Å². The van der Waals surface area contributed by atoms with Crippen molar-refractivity contribution in [1.82, 2.24) is 10.2 Å². The average molecular weight is 270 g/mol. The zero-order chi connectivity index (χ0) is 14.3. The number of ketones is 1. The van der Waals surface area contributed by atoms with Gasteiger partial charge in [-0.3, -0.25) is 14.9 Å². The van der Waals surface area contributed by atoms with Gasteiger partial charge in [0.1, 0.15) is 0 Å². The van der Waals surface area contributed by atoms with Gasteiger partial charge in [-0.25, -0.2) is 4.79 Å². The second-order valence-electron chi connectivity index (χ2n) is 3.92. The highest BCUT2D eigenvalue weighted by molar-refractivity contribution is 6.21. The predicted molar refractivity (Wildman–Crippen MR) is 66.3 cm³/mol. The van der Waals surface area contributed by atoms with Crippen molar-refractivity contribution in [2.24, 2.45) is 0 Å². The zero-order valence-corrected chi connectivity index (χ0v) is 11.1. The average Bonchev–Trinajstić information content (AvgIpc) is 2.36. The lowest BCUT2D eigenvalue weighted by atomic mass is 10.2. The third-order valence-corrected chi connectivity index (χ3v) is 2.47. The molecule has 1 aliphatic heterocycles. The molecule has 0 atom stereocenters. The Balaban J connectivity index is 2.70. The van der Waals surface area contributed by atoms with E-state index in [4.69, 9.17) is 4.74 Å². The lowest BCUT2D eigenvalue weighted by molar-refractivity contribution is -0.121. The topological polar surface area (TPSA) is 84.9 Å². The number of carbonyl (C=O) groups is 3. The molecule has 0 spiro atoms. The summed E-state index contributed by atoms with van der Waals surface area (Å²) in [4.78, 5) is 36.2. The predicted octanol–water partition coefficient (Wildman–Crippen LogP) is 0.0642. The number of carbonyl (C=O) groups excluding carboxylic acids is 3. The summed E-state index contributed by atoms with van der Waals surface area (Å²) in [6.07, 6.45) is 0.598. The maximum Gasteiger partial charge on any atom is 0.414 e. The Kier molecular flexibility index (Phi) is 6.01. The largest absolute Gasteiger partial charge is 0.450 e. The van der Waals surface area contributed by atoms with E-state index < -0.39 is 17.8 Å². The second-order valence-corrected chi connectivity index (χ2v) is 3.92. The molecule has 1 rings (SSSR count). The van der Waals surface area contributed by atoms with E-state index in [2.05, 4.69) is 4.74 Å². The molecule has 1 aliphatic rings. The summed E-state index contributed by atoms with van der Waals surface area (Å²) in [5.74, 6) is -1.16. The number of nitrogens with zero attached hydrogens (tertiary/aromatic N) is 1. The Morgan fingerprint density at radius 1 is 1.32 bits per heavy atom. The Morgan fingerprint density at radius 3 is 2.47 bits per heavy atom. The number of rotatable bonds is 4. The number of alkyl carbamates (subject to hydrolysis) is 1. The van der Waals surface area contributed by atoms with E-state index in [-0.39, 0.29) is 12.2 Å². The van der Waals surface area contributed by atoms with E-state index in [1.165, 1.54) is 13.1 Å². The lowest BCUT2D eigenvalue weighted by Crippen LogP contribution is -2.37. The number of amides is 2. The van der Waals surface area contributed by atoms with Crippen molar-refractivity contribution in [2.75, 3.05) is 32.9 Å². The van der Waals surface area contributed by atoms with Crippen LogP contribution in [0.3, 0.4) is 0 Å². The number of hydrogen-bond donors (Lipinski definition) is 1. The lowest BCUT2D eigenvalue weighted by Gasteiger charge is -2.25. The van der Waals surface area contributed by atoms with Crippen LogP contribution in [0.15, 0.2) is 11.8 Å². The smallest absolute Gasteiger partial charge is 0.414 e. The van der Waals surface area contributed by atoms with Gasteiger partial charge in [-0.1, -0.05) is 0 Å². The standard InChI is InChI=1S/C12H18N2O5/c1-3-19-12(17)13-11(16)10(9(2)15)8-14-4-6-18-7-5-14/h8H,3-7H2,1-2H3,(H,13,16,17)/b10-8+. The Bertz CT molecular complexity index is 386. The number of Topliss-reactive ketones (excluding diaryl/α,β-unsaturated/α-hetero) is 1. The molecule has 0 radical (unpaired) electrons. The van der Waals surface area contributed by atoms with Crippen molar-refractivity contribution in [3.8, 4) is 0 Å². The van der Waals surface area contributed by atoms with Gasteiger partial charge in [-0.2, -0.15) is 0 Å². The molecule has 1 fully saturated rings. The third kappa shape index (κ3) is 5.09. The number of hydrogen-bond acceptors (Lipinski definition) is 6. The van der Waals surface area contributed by atoms with Gasteiger partial charge in [0.05, 0.1) is 25.4 Å². The van der Waals surface area contributed by atoms with E-state index >= 15 is 0 Å². The van der Waals surface area contributed by atoms with E-state index in [1.54, 1.807) is 6.92 Å². The van der Waals surface area contributed by atoms with Crippen LogP contribution in [-0.2, 0) is 19.1 Å². The molecule has 0 saturated carbocycles. The van der Waals surface area contributed by atoms with Crippen molar-refractivity contribution in [3.05, 3.63) is 11.8 Å². The molecule has 0 aromatic rings. The molecule has 19 heavy (non-hydrogen) atoms. The molecule has 7 nitrogen and oxygen atoms in total. The minimum atomic E-state index is -0.860. The fraction of sp³-hybridized carbons (Fsp3) is 0.583. The first-order valence-corrected chi connectivity index (χ1v) is 6.07. The van der Waals surface area contributed by atoms with E-state index in [0.29, 0.717) is 26.3 Å². The van der Waals surface area contributed by atoms with E-state index in [9.17, 15) is 14.4 Å². The number of morpholine rings is 1. The Morgan fingerprint density at radius 2 is 1.95 bits per heavy atom. The second kappa shape index (κ2) is 7.52. The number of ether oxygens (including phenoxy) is 2. The van der Waals surface area contributed by atoms with Crippen LogP contribution in [0.5, 0.6) is 0 Å². The van der Waals surface area contributed by atoms with Crippen molar-refractivity contribution in [2.45, 2.75) is 13.8 Å². The van der Waals surface area contributed by atoms with Gasteiger partial charge in [0, 0.05) is 19.3 Å². The maximum atomic E-state index is 11.8. The molecule has 0 aromatic heterocycles. The molecule has 1 saturated heterocycles. The van der Waals surface area contributed by atoms with Gasteiger partial charge < -0.3 is 14.4 Å². The summed E-state index contributed by atoms with van der Waals surface area (Å²) in [6, 6.07) is 0. The highest BCUT2D eigenvalue weighted by Crippen LogP contribution is 2.04. The van der Waals surface area contributed by atoms with Crippen LogP contribution in [0.1, 0.15) is 13.8 Å². The third-order valence-electron chi connectivity index (χ3n) is 2.47. The first kappa shape index (κ1) is 15.2. The minimum absolute atomic E-state index is 0.0741. The van der Waals surface area contributed by atoms with Gasteiger partial charge in [0.2, 0.25) is 0 Å². The van der Waals surface area contributed by atoms with E-state index in [1.807, 2.05) is 10.2 Å². The molecule has 106 valence electrons. The van der Waals surface area contributed by atoms with Crippen LogP contribution in [0.2, 0.25) is 0 Å². The van der Waals surface area contributed by atoms with Gasteiger partial charge in [-0.05, 0) is 13.8 Å². The van der Waals surface area contributed by atoms with Crippen LogP contribution >= 0.6 is 0 Å². The fourth-order valence-corrected chi connectivity index (χ4v) is 1.53. The molecule has 0 bridgehead atoms. The van der Waals surface area contributed by atoms with Gasteiger partial charge in [0.25, 0.3) is 5.91 Å². The first-order valence-electron chi connectivity index (χ1n) is 6.07. The SMILES string of the molecule is CCOC(=O)NC(=O)/C(=C/N1CCOCC1)C(C)=O. The van der Waals surface area contributed by atoms with Gasteiger partial charge in [0.15, 0.2) is 5.78 Å². The molecule has 0 unspecified atom stereocenters. The molecule has 1 N–H and O–H groups in total. The van der Waals surface area contributed by atoms with Crippen LogP contribution in [0.4, 0.5) is 4.79 Å². The summed E-state index contributed by atoms with van der Waals surface area (Å²) < 4.78 is 9.76. The molecule has 2 amide bonds. The zero-order valence-electron chi connectivity index (χ0n) is 11.1. The highest BCUT2D eigenvalue weighted by Gasteiger charge is 2.19. The van der Waals surface area contributed by atoms with Crippen molar-refractivity contribution < 1.29 is 23.9 Å². The molecule has 0 aromatic carbocycles. The quantitative estimate of drug-likeness (QED) is 0.442. The molecular weight excluding hydrogens is 252 g/mol. The van der Waals surface area contributed by atoms with Gasteiger partial charge in [-0.15, -0.1) is 0 Å². The number of imide groups is 1. The summed E-state index contributed by atoms with van der Waals surface area (Å²) in [5, 5.41) is 2.00. The van der Waals surface area contributed by atoms with Crippen molar-refractivity contribution in [3.63, 3.8) is 0 Å². The molecular formula is C12H18N2O5. The highest BCUT2D eigenvalue weighted by atomic mass is 16.5. The molecule has 7 heteroatoms. The monoisotopic (exact) mass is 270 g/mol. The molecule has 1 heterocycles. The Hall–Kier alpha value is -1.89. The summed E-state index contributed by atoms with van der Waals surface area (Å²) in [5.41, 5.74) is -0.0741. The number of nitrogens with one attached hydrogen (secondary N) is 1. The van der Waals surface area contributed by atoms with Gasteiger partial charge >= 0.3 is 6.09 Å². The Labute approximate surface area is 111 Å².